The molecule has 23 nitrogen and oxygen atoms in total. The van der Waals surface area contributed by atoms with Gasteiger partial charge in [-0.1, -0.05) is 252 Å². The average molecular weight is 1510 g/mol. The van der Waals surface area contributed by atoms with Gasteiger partial charge in [-0.3, -0.25) is 38.4 Å². The molecule has 0 aromatic rings. The molecule has 0 spiro atoms. The maximum atomic E-state index is 15.3. The Morgan fingerprint density at radius 3 is 0.971 bits per heavy atom. The zero-order chi connectivity index (χ0) is 77.6. The Morgan fingerprint density at radius 1 is 0.362 bits per heavy atom. The maximum Gasteiger partial charge on any atom is 0.326 e. The first kappa shape index (κ1) is 100. The smallest absolute Gasteiger partial charge is 0.326 e. The second-order valence-electron chi connectivity index (χ2n) is 29.5. The number of carbonyl (C=O) groups is 9. The lowest BCUT2D eigenvalue weighted by molar-refractivity contribution is -0.163. The minimum Gasteiger partial charge on any atom is -0.480 e. The number of thiol groups is 1. The highest BCUT2D eigenvalue weighted by Gasteiger charge is 2.39. The maximum absolute atomic E-state index is 15.3. The van der Waals surface area contributed by atoms with Gasteiger partial charge < -0.3 is 74.1 Å². The van der Waals surface area contributed by atoms with Gasteiger partial charge >= 0.3 is 17.9 Å². The standard InChI is InChI=1S/C81H156N10O13S/c1-4-7-10-13-16-19-22-25-28-31-34-37-40-55-73(93)86-71(65-105)80(100)91(62-66(104-75(95)57-42-39-36-33-30-27-24-21-18-15-12-9-6-3)64-103-74(94)56-41-38-35-32-29-26-23-20-17-14-11-8-5-2)72(63-92)79(99)89-69(53-45-49-60-84)77(97)87-67(51-43-47-58-82)76(96)88-68(52-44-48-59-83)78(98)90-70(81(101)102)54-46-50-61-85/h66-72,92,105H,4-65,82-85H2,1-3H3,(H,86,93)(H,87,97)(H,88,96)(H,89,99)(H,90,98)(H,101,102)/t66?,67-,68-,69-,70-,71-,72-/m0/s1. The molecule has 1 unspecified atom stereocenters. The van der Waals surface area contributed by atoms with Crippen LogP contribution in [0.3, 0.4) is 0 Å². The van der Waals surface area contributed by atoms with Gasteiger partial charge in [0, 0.05) is 25.0 Å². The highest BCUT2D eigenvalue weighted by molar-refractivity contribution is 7.80. The number of nitrogens with two attached hydrogens (primary N) is 4. The Kier molecular flexibility index (Phi) is 69.1. The minimum atomic E-state index is -1.80. The van der Waals surface area contributed by atoms with Crippen LogP contribution in [0.4, 0.5) is 0 Å². The molecule has 0 aliphatic carbocycles. The summed E-state index contributed by atoms with van der Waals surface area (Å²) in [4.78, 5) is 128. The van der Waals surface area contributed by atoms with Crippen LogP contribution in [0, 0.1) is 0 Å². The zero-order valence-electron chi connectivity index (χ0n) is 66.5. The van der Waals surface area contributed by atoms with Crippen molar-refractivity contribution in [3.05, 3.63) is 0 Å². The van der Waals surface area contributed by atoms with E-state index in [9.17, 15) is 43.8 Å². The third-order valence-corrected chi connectivity index (χ3v) is 20.2. The van der Waals surface area contributed by atoms with E-state index in [1.54, 1.807) is 0 Å². The molecule has 0 aromatic heterocycles. The van der Waals surface area contributed by atoms with E-state index >= 15 is 9.59 Å². The summed E-state index contributed by atoms with van der Waals surface area (Å²) in [5.74, 6) is -7.24. The van der Waals surface area contributed by atoms with Crippen LogP contribution in [0.1, 0.15) is 367 Å². The number of nitrogens with zero attached hydrogens (tertiary/aromatic N) is 1. The van der Waals surface area contributed by atoms with Gasteiger partial charge in [0.15, 0.2) is 6.10 Å². The lowest BCUT2D eigenvalue weighted by atomic mass is 10.0. The number of rotatable bonds is 77. The zero-order valence-corrected chi connectivity index (χ0v) is 67.4. The normalized spacial score (nSPS) is 13.4. The van der Waals surface area contributed by atoms with E-state index in [0.717, 1.165) is 81.9 Å². The number of hydrogen-bond donors (Lipinski definition) is 12. The number of nitrogens with one attached hydrogen (secondary N) is 5. The highest BCUT2D eigenvalue weighted by Crippen LogP contribution is 2.20. The molecule has 0 aromatic carbocycles. The van der Waals surface area contributed by atoms with Crippen LogP contribution in [-0.2, 0) is 52.6 Å². The van der Waals surface area contributed by atoms with Gasteiger partial charge in [0.2, 0.25) is 35.4 Å². The van der Waals surface area contributed by atoms with E-state index in [2.05, 4.69) is 60.0 Å². The van der Waals surface area contributed by atoms with Crippen LogP contribution in [0.5, 0.6) is 0 Å². The molecular formula is C81H156N10O13S. The van der Waals surface area contributed by atoms with Crippen molar-refractivity contribution in [3.63, 3.8) is 0 Å². The van der Waals surface area contributed by atoms with Gasteiger partial charge in [-0.05, 0) is 122 Å². The number of esters is 2. The largest absolute Gasteiger partial charge is 0.480 e. The van der Waals surface area contributed by atoms with Crippen molar-refractivity contribution in [3.8, 4) is 0 Å². The van der Waals surface area contributed by atoms with Crippen molar-refractivity contribution >= 4 is 66.0 Å². The van der Waals surface area contributed by atoms with Gasteiger partial charge in [0.1, 0.15) is 42.9 Å². The molecule has 105 heavy (non-hydrogen) atoms. The third kappa shape index (κ3) is 56.3. The number of hydrogen-bond acceptors (Lipinski definition) is 17. The van der Waals surface area contributed by atoms with Gasteiger partial charge in [0.05, 0.1) is 13.2 Å². The first-order chi connectivity index (χ1) is 51.0. The molecule has 15 N–H and O–H groups in total. The van der Waals surface area contributed by atoms with Crippen molar-refractivity contribution in [2.24, 2.45) is 22.9 Å². The van der Waals surface area contributed by atoms with Crippen molar-refractivity contribution < 1.29 is 62.8 Å². The fourth-order valence-corrected chi connectivity index (χ4v) is 13.4. The summed E-state index contributed by atoms with van der Waals surface area (Å²) >= 11 is 4.53. The first-order valence-electron chi connectivity index (χ1n) is 42.4. The topological polar surface area (TPSA) is 380 Å². The molecule has 0 aliphatic rings. The summed E-state index contributed by atoms with van der Waals surface area (Å²) in [5.41, 5.74) is 23.3. The van der Waals surface area contributed by atoms with Crippen LogP contribution in [-0.4, -0.2) is 163 Å². The summed E-state index contributed by atoms with van der Waals surface area (Å²) in [6.07, 6.45) is 46.1. The van der Waals surface area contributed by atoms with Crippen molar-refractivity contribution in [2.45, 2.75) is 410 Å². The highest BCUT2D eigenvalue weighted by atomic mass is 32.1. The van der Waals surface area contributed by atoms with Crippen LogP contribution in [0.25, 0.3) is 0 Å². The average Bonchev–Trinajstić information content (AvgIpc) is 0.829. The Balaban J connectivity index is 7.21. The second-order valence-corrected chi connectivity index (χ2v) is 29.9. The van der Waals surface area contributed by atoms with Crippen molar-refractivity contribution in [2.75, 3.05) is 51.7 Å². The Hall–Kier alpha value is -4.62. The SMILES string of the molecule is CCCCCCCCCCCCCCCC(=O)N[C@@H](CS)C(=O)N(CC(COC(=O)CCCCCCCCCCCCCCC)OC(=O)CCCCCCCCCCCCCCC)[C@@H](CO)C(=O)N[C@@H](CCCCN)C(=O)N[C@@H](CCCCN)C(=O)N[C@@H](CCCCN)C(=O)N[C@@H](CCCCN)C(=O)O. The van der Waals surface area contributed by atoms with E-state index in [4.69, 9.17) is 32.4 Å². The Labute approximate surface area is 641 Å². The number of carboxylic acid groups (broad SMARTS) is 1. The molecule has 0 aliphatic heterocycles. The number of carboxylic acids is 1. The van der Waals surface area contributed by atoms with E-state index in [1.807, 2.05) is 0 Å². The number of amides is 6. The molecular weight excluding hydrogens is 1350 g/mol. The predicted molar refractivity (Wildman–Crippen MR) is 427 cm³/mol. The van der Waals surface area contributed by atoms with Crippen LogP contribution in [0.15, 0.2) is 0 Å². The van der Waals surface area contributed by atoms with Crippen LogP contribution in [0.2, 0.25) is 0 Å². The lowest BCUT2D eigenvalue weighted by Crippen LogP contribution is -2.62. The quantitative estimate of drug-likeness (QED) is 0.0153. The molecule has 24 heteroatoms. The summed E-state index contributed by atoms with van der Waals surface area (Å²) in [7, 11) is 0. The van der Waals surface area contributed by atoms with E-state index in [1.165, 1.54) is 154 Å². The van der Waals surface area contributed by atoms with Crippen LogP contribution >= 0.6 is 12.6 Å². The Morgan fingerprint density at radius 2 is 0.657 bits per heavy atom. The molecule has 0 rings (SSSR count). The Bertz CT molecular complexity index is 2190. The van der Waals surface area contributed by atoms with Gasteiger partial charge in [-0.25, -0.2) is 4.79 Å². The summed E-state index contributed by atoms with van der Waals surface area (Å²) in [5, 5.41) is 35.1. The minimum absolute atomic E-state index is 0.0218. The summed E-state index contributed by atoms with van der Waals surface area (Å²) < 4.78 is 11.9. The second kappa shape index (κ2) is 72.3. The van der Waals surface area contributed by atoms with Gasteiger partial charge in [0.25, 0.3) is 0 Å². The molecule has 0 heterocycles. The van der Waals surface area contributed by atoms with E-state index < -0.39 is 115 Å². The predicted octanol–water partition coefficient (Wildman–Crippen LogP) is 13.0. The molecule has 614 valence electrons. The van der Waals surface area contributed by atoms with E-state index in [0.29, 0.717) is 83.7 Å². The first-order valence-corrected chi connectivity index (χ1v) is 43.1. The molecule has 0 bridgehead atoms. The number of aliphatic hydroxyl groups excluding tert-OH is 1. The van der Waals surface area contributed by atoms with Crippen molar-refractivity contribution in [1.82, 2.24) is 31.5 Å². The monoisotopic (exact) mass is 1510 g/mol. The summed E-state index contributed by atoms with van der Waals surface area (Å²) in [6.45, 7) is 5.71. The van der Waals surface area contributed by atoms with Crippen molar-refractivity contribution in [1.29, 1.82) is 0 Å². The lowest BCUT2D eigenvalue weighted by Gasteiger charge is -2.35. The number of aliphatic carboxylic acids is 1. The van der Waals surface area contributed by atoms with Gasteiger partial charge in [-0.2, -0.15) is 12.6 Å². The molecule has 0 saturated carbocycles. The van der Waals surface area contributed by atoms with Gasteiger partial charge in [-0.15, -0.1) is 0 Å². The fourth-order valence-electron chi connectivity index (χ4n) is 13.2. The summed E-state index contributed by atoms with van der Waals surface area (Å²) in [6, 6.07) is -8.33. The molecule has 7 atom stereocenters. The fraction of sp³-hybridized carbons (Fsp3) is 0.889. The molecule has 0 saturated heterocycles. The molecule has 6 amide bonds. The number of unbranched alkanes of at least 4 members (excludes halogenated alkanes) is 40. The molecule has 0 fully saturated rings. The third-order valence-electron chi connectivity index (χ3n) is 19.9. The number of ether oxygens (including phenoxy) is 2. The number of aliphatic hydroxyl groups is 1. The molecule has 0 radical (unpaired) electrons. The number of carbonyl (C=O) groups excluding carboxylic acids is 8. The van der Waals surface area contributed by atoms with Crippen LogP contribution < -0.4 is 49.5 Å². The van der Waals surface area contributed by atoms with E-state index in [-0.39, 0.29) is 63.8 Å².